The molecule has 0 atom stereocenters. The fourth-order valence-electron chi connectivity index (χ4n) is 1.36. The first-order valence-corrected chi connectivity index (χ1v) is 6.08. The lowest BCUT2D eigenvalue weighted by Crippen LogP contribution is -2.08. The minimum Gasteiger partial charge on any atom is -0.290 e. The summed E-state index contributed by atoms with van der Waals surface area (Å²) in [5.41, 5.74) is 0.771. The topological polar surface area (TPSA) is 42.9 Å². The number of hydrogen-bond donors (Lipinski definition) is 0. The van der Waals surface area contributed by atoms with Crippen LogP contribution in [0.2, 0.25) is 5.02 Å². The highest BCUT2D eigenvalue weighted by Crippen LogP contribution is 2.22. The van der Waals surface area contributed by atoms with E-state index in [0.717, 1.165) is 10.0 Å². The van der Waals surface area contributed by atoms with Crippen molar-refractivity contribution in [1.82, 2.24) is 9.97 Å². The van der Waals surface area contributed by atoms with Crippen LogP contribution in [0.4, 0.5) is 0 Å². The van der Waals surface area contributed by atoms with Crippen molar-refractivity contribution in [3.8, 4) is 0 Å². The van der Waals surface area contributed by atoms with E-state index in [1.165, 1.54) is 0 Å². The van der Waals surface area contributed by atoms with Crippen LogP contribution < -0.4 is 0 Å². The molecule has 3 nitrogen and oxygen atoms in total. The van der Waals surface area contributed by atoms with E-state index in [9.17, 15) is 4.79 Å². The zero-order valence-electron chi connectivity index (χ0n) is 8.73. The summed E-state index contributed by atoms with van der Waals surface area (Å²) >= 11 is 9.35. The lowest BCUT2D eigenvalue weighted by atomic mass is 10.1. The Morgan fingerprint density at radius 2 is 2.00 bits per heavy atom. The number of ketones is 1. The van der Waals surface area contributed by atoms with Crippen molar-refractivity contribution in [2.45, 2.75) is 6.42 Å². The van der Waals surface area contributed by atoms with Crippen LogP contribution in [-0.2, 0) is 6.42 Å². The number of rotatable bonds is 3. The van der Waals surface area contributed by atoms with Gasteiger partial charge in [0.2, 0.25) is 5.78 Å². The molecule has 0 spiro atoms. The molecule has 0 fully saturated rings. The van der Waals surface area contributed by atoms with Crippen LogP contribution in [0.15, 0.2) is 41.1 Å². The molecule has 0 bridgehead atoms. The summed E-state index contributed by atoms with van der Waals surface area (Å²) in [6.07, 6.45) is 3.29. The molecule has 0 aliphatic heterocycles. The Kier molecular flexibility index (Phi) is 3.86. The van der Waals surface area contributed by atoms with Crippen molar-refractivity contribution in [2.75, 3.05) is 0 Å². The Hall–Kier alpha value is -1.26. The SMILES string of the molecule is O=C(Cc1ccc(Br)cc1Cl)c1ncccn1. The van der Waals surface area contributed by atoms with Gasteiger partial charge in [0.25, 0.3) is 0 Å². The molecule has 86 valence electrons. The van der Waals surface area contributed by atoms with Gasteiger partial charge in [0.15, 0.2) is 5.82 Å². The number of Topliss-reactive ketones (excluding diaryl/α,β-unsaturated/α-hetero) is 1. The molecule has 0 radical (unpaired) electrons. The van der Waals surface area contributed by atoms with Gasteiger partial charge in [-0.25, -0.2) is 9.97 Å². The molecule has 0 aliphatic rings. The third kappa shape index (κ3) is 3.11. The van der Waals surface area contributed by atoms with Gasteiger partial charge in [-0.2, -0.15) is 0 Å². The van der Waals surface area contributed by atoms with Crippen LogP contribution in [-0.4, -0.2) is 15.8 Å². The van der Waals surface area contributed by atoms with Crippen molar-refractivity contribution in [1.29, 1.82) is 0 Å². The maximum absolute atomic E-state index is 11.9. The minimum atomic E-state index is -0.144. The highest BCUT2D eigenvalue weighted by molar-refractivity contribution is 9.10. The third-order valence-corrected chi connectivity index (χ3v) is 3.03. The van der Waals surface area contributed by atoms with Crippen LogP contribution in [0, 0.1) is 0 Å². The fraction of sp³-hybridized carbons (Fsp3) is 0.0833. The molecule has 5 heteroatoms. The Balaban J connectivity index is 2.19. The largest absolute Gasteiger partial charge is 0.290 e. The molecule has 17 heavy (non-hydrogen) atoms. The predicted molar refractivity (Wildman–Crippen MR) is 69.2 cm³/mol. The highest BCUT2D eigenvalue weighted by Gasteiger charge is 2.11. The number of hydrogen-bond acceptors (Lipinski definition) is 3. The Morgan fingerprint density at radius 1 is 1.29 bits per heavy atom. The number of carbonyl (C=O) groups excluding carboxylic acids is 1. The number of benzene rings is 1. The second-order valence-corrected chi connectivity index (χ2v) is 4.73. The van der Waals surface area contributed by atoms with Gasteiger partial charge in [-0.3, -0.25) is 4.79 Å². The predicted octanol–water partition coefficient (Wildman–Crippen LogP) is 3.32. The van der Waals surface area contributed by atoms with Crippen molar-refractivity contribution < 1.29 is 4.79 Å². The van der Waals surface area contributed by atoms with E-state index in [-0.39, 0.29) is 18.0 Å². The quantitative estimate of drug-likeness (QED) is 0.817. The van der Waals surface area contributed by atoms with E-state index in [1.807, 2.05) is 12.1 Å². The molecule has 0 saturated heterocycles. The van der Waals surface area contributed by atoms with Gasteiger partial charge in [0.1, 0.15) is 0 Å². The zero-order valence-corrected chi connectivity index (χ0v) is 11.1. The maximum Gasteiger partial charge on any atom is 0.204 e. The molecule has 0 unspecified atom stereocenters. The second kappa shape index (κ2) is 5.38. The summed E-state index contributed by atoms with van der Waals surface area (Å²) in [7, 11) is 0. The van der Waals surface area contributed by atoms with Gasteiger partial charge >= 0.3 is 0 Å². The molecule has 0 N–H and O–H groups in total. The summed E-state index contributed by atoms with van der Waals surface area (Å²) in [6, 6.07) is 7.09. The van der Waals surface area contributed by atoms with Crippen molar-refractivity contribution in [2.24, 2.45) is 0 Å². The molecule has 0 aliphatic carbocycles. The normalized spacial score (nSPS) is 10.2. The lowest BCUT2D eigenvalue weighted by Gasteiger charge is -2.03. The van der Waals surface area contributed by atoms with E-state index >= 15 is 0 Å². The number of carbonyl (C=O) groups is 1. The van der Waals surface area contributed by atoms with Gasteiger partial charge in [-0.05, 0) is 23.8 Å². The van der Waals surface area contributed by atoms with E-state index in [2.05, 4.69) is 25.9 Å². The van der Waals surface area contributed by atoms with Crippen molar-refractivity contribution in [3.63, 3.8) is 0 Å². The van der Waals surface area contributed by atoms with Crippen LogP contribution >= 0.6 is 27.5 Å². The average Bonchev–Trinajstić information content (AvgIpc) is 2.34. The van der Waals surface area contributed by atoms with Crippen molar-refractivity contribution in [3.05, 3.63) is 57.5 Å². The van der Waals surface area contributed by atoms with E-state index in [1.54, 1.807) is 24.5 Å². The maximum atomic E-state index is 11.9. The molecule has 1 heterocycles. The number of aromatic nitrogens is 2. The molecule has 2 aromatic rings. The Bertz CT molecular complexity index is 545. The first-order chi connectivity index (χ1) is 8.16. The van der Waals surface area contributed by atoms with E-state index in [0.29, 0.717) is 5.02 Å². The lowest BCUT2D eigenvalue weighted by molar-refractivity contribution is 0.0983. The molecular weight excluding hydrogens is 304 g/mol. The summed E-state index contributed by atoms with van der Waals surface area (Å²) in [6.45, 7) is 0. The Morgan fingerprint density at radius 3 is 2.65 bits per heavy atom. The van der Waals surface area contributed by atoms with Crippen LogP contribution in [0.5, 0.6) is 0 Å². The van der Waals surface area contributed by atoms with Crippen molar-refractivity contribution >= 4 is 33.3 Å². The Labute approximate surface area is 112 Å². The van der Waals surface area contributed by atoms with Gasteiger partial charge in [-0.15, -0.1) is 0 Å². The molecule has 1 aromatic carbocycles. The molecule has 2 rings (SSSR count). The first-order valence-electron chi connectivity index (χ1n) is 4.91. The second-order valence-electron chi connectivity index (χ2n) is 3.41. The molecule has 0 saturated carbocycles. The molecule has 1 aromatic heterocycles. The third-order valence-electron chi connectivity index (χ3n) is 2.18. The van der Waals surface area contributed by atoms with E-state index < -0.39 is 0 Å². The van der Waals surface area contributed by atoms with Gasteiger partial charge in [-0.1, -0.05) is 33.6 Å². The zero-order chi connectivity index (χ0) is 12.3. The monoisotopic (exact) mass is 310 g/mol. The smallest absolute Gasteiger partial charge is 0.204 e. The number of nitrogens with zero attached hydrogens (tertiary/aromatic N) is 2. The summed E-state index contributed by atoms with van der Waals surface area (Å²) in [4.78, 5) is 19.7. The average molecular weight is 312 g/mol. The van der Waals surface area contributed by atoms with Gasteiger partial charge in [0, 0.05) is 28.3 Å². The summed E-state index contributed by atoms with van der Waals surface area (Å²) < 4.78 is 0.884. The van der Waals surface area contributed by atoms with Crippen LogP contribution in [0.3, 0.4) is 0 Å². The van der Waals surface area contributed by atoms with Gasteiger partial charge < -0.3 is 0 Å². The molecule has 0 amide bonds. The summed E-state index contributed by atoms with van der Waals surface area (Å²) in [5, 5.41) is 0.559. The minimum absolute atomic E-state index is 0.144. The van der Waals surface area contributed by atoms with Crippen LogP contribution in [0.1, 0.15) is 16.2 Å². The van der Waals surface area contributed by atoms with E-state index in [4.69, 9.17) is 11.6 Å². The summed E-state index contributed by atoms with van der Waals surface area (Å²) in [5.74, 6) is 0.0707. The fourth-order valence-corrected chi connectivity index (χ4v) is 2.10. The standard InChI is InChI=1S/C12H8BrClN2O/c13-9-3-2-8(10(14)7-9)6-11(17)12-15-4-1-5-16-12/h1-5,7H,6H2. The number of halogens is 2. The van der Waals surface area contributed by atoms with Crippen LogP contribution in [0.25, 0.3) is 0 Å². The first kappa shape index (κ1) is 12.2. The van der Waals surface area contributed by atoms with Gasteiger partial charge in [0.05, 0.1) is 0 Å². The molecular formula is C12H8BrClN2O. The highest BCUT2D eigenvalue weighted by atomic mass is 79.9.